The molecule has 0 aromatic heterocycles. The molecule has 0 spiro atoms. The van der Waals surface area contributed by atoms with E-state index in [4.69, 9.17) is 0 Å². The van der Waals surface area contributed by atoms with Gasteiger partial charge in [0.15, 0.2) is 0 Å². The lowest BCUT2D eigenvalue weighted by molar-refractivity contribution is -0.256. The largest absolute Gasteiger partial charge is 0.419 e. The van der Waals surface area contributed by atoms with Crippen LogP contribution in [0.3, 0.4) is 0 Å². The molecule has 1 nitrogen and oxygen atoms in total. The van der Waals surface area contributed by atoms with Gasteiger partial charge in [0.05, 0.1) is 12.2 Å². The topological polar surface area (TPSA) is 9.23 Å². The number of alkyl halides is 5. The fraction of sp³-hybridized carbons (Fsp3) is 0.619. The molecule has 158 valence electrons. The van der Waals surface area contributed by atoms with Gasteiger partial charge in [0.2, 0.25) is 0 Å². The average Bonchev–Trinajstić information content (AvgIpc) is 2.60. The Morgan fingerprint density at radius 1 is 1.04 bits per heavy atom. The Morgan fingerprint density at radius 2 is 1.68 bits per heavy atom. The van der Waals surface area contributed by atoms with E-state index in [0.717, 1.165) is 31.7 Å². The van der Waals surface area contributed by atoms with Gasteiger partial charge in [-0.05, 0) is 62.1 Å². The van der Waals surface area contributed by atoms with Crippen LogP contribution in [0.4, 0.5) is 26.3 Å². The second-order valence-corrected chi connectivity index (χ2v) is 7.48. The number of allylic oxidation sites excluding steroid dienone is 2. The van der Waals surface area contributed by atoms with E-state index in [1.807, 2.05) is 13.0 Å². The van der Waals surface area contributed by atoms with Crippen LogP contribution in [0, 0.1) is 17.7 Å². The summed E-state index contributed by atoms with van der Waals surface area (Å²) < 4.78 is 83.9. The lowest BCUT2D eigenvalue weighted by Crippen LogP contribution is -2.27. The van der Waals surface area contributed by atoms with Crippen LogP contribution in [0.25, 0.3) is 0 Å². The Kier molecular flexibility index (Phi) is 7.98. The molecule has 1 saturated carbocycles. The monoisotopic (exact) mass is 408 g/mol. The standard InChI is InChI=1S/C21H26F6O/c1-2-3-4-5-15-6-8-16(9-7-15)13-20(23,24)28-14-17-10-11-18(19(22)12-17)21(25,26)27/h2-3,10-12,15-16H,4-9,13-14H2,1H3/b3-2+/t15-,16-. The highest BCUT2D eigenvalue weighted by atomic mass is 19.4. The van der Waals surface area contributed by atoms with E-state index in [0.29, 0.717) is 30.9 Å². The van der Waals surface area contributed by atoms with Gasteiger partial charge < -0.3 is 4.74 Å². The van der Waals surface area contributed by atoms with Crippen LogP contribution in [0.2, 0.25) is 0 Å². The Labute approximate surface area is 161 Å². The van der Waals surface area contributed by atoms with Gasteiger partial charge in [-0.2, -0.15) is 22.0 Å². The van der Waals surface area contributed by atoms with Crippen molar-refractivity contribution in [1.29, 1.82) is 0 Å². The van der Waals surface area contributed by atoms with Gasteiger partial charge in [-0.15, -0.1) is 0 Å². The van der Waals surface area contributed by atoms with E-state index in [9.17, 15) is 26.3 Å². The summed E-state index contributed by atoms with van der Waals surface area (Å²) in [4.78, 5) is 0. The molecule has 7 heteroatoms. The molecule has 1 aliphatic carbocycles. The van der Waals surface area contributed by atoms with Crippen molar-refractivity contribution in [3.63, 3.8) is 0 Å². The smallest absolute Gasteiger partial charge is 0.316 e. The molecule has 0 radical (unpaired) electrons. The molecule has 0 N–H and O–H groups in total. The summed E-state index contributed by atoms with van der Waals surface area (Å²) in [6, 6.07) is 2.09. The Balaban J connectivity index is 1.80. The van der Waals surface area contributed by atoms with E-state index >= 15 is 0 Å². The third-order valence-corrected chi connectivity index (χ3v) is 5.26. The van der Waals surface area contributed by atoms with E-state index in [1.165, 1.54) is 0 Å². The summed E-state index contributed by atoms with van der Waals surface area (Å²) in [6.45, 7) is 1.33. The van der Waals surface area contributed by atoms with Crippen molar-refractivity contribution in [3.8, 4) is 0 Å². The normalized spacial score (nSPS) is 21.4. The van der Waals surface area contributed by atoms with Crippen molar-refractivity contribution in [3.05, 3.63) is 47.3 Å². The van der Waals surface area contributed by atoms with Crippen molar-refractivity contribution in [2.75, 3.05) is 0 Å². The van der Waals surface area contributed by atoms with Crippen molar-refractivity contribution in [1.82, 2.24) is 0 Å². The number of benzene rings is 1. The minimum atomic E-state index is -4.82. The quantitative estimate of drug-likeness (QED) is 0.319. The minimum Gasteiger partial charge on any atom is -0.316 e. The van der Waals surface area contributed by atoms with Crippen LogP contribution in [-0.4, -0.2) is 6.11 Å². The molecule has 0 saturated heterocycles. The third kappa shape index (κ3) is 7.15. The molecule has 28 heavy (non-hydrogen) atoms. The Morgan fingerprint density at radius 3 is 2.25 bits per heavy atom. The van der Waals surface area contributed by atoms with E-state index in [-0.39, 0.29) is 11.5 Å². The first-order chi connectivity index (χ1) is 13.1. The van der Waals surface area contributed by atoms with Gasteiger partial charge in [-0.1, -0.05) is 31.1 Å². The first-order valence-electron chi connectivity index (χ1n) is 9.59. The summed E-state index contributed by atoms with van der Waals surface area (Å²) in [5.74, 6) is -1.07. The molecule has 1 aliphatic rings. The third-order valence-electron chi connectivity index (χ3n) is 5.26. The fourth-order valence-electron chi connectivity index (χ4n) is 3.69. The molecular formula is C21H26F6O. The van der Waals surface area contributed by atoms with Crippen LogP contribution in [0.1, 0.15) is 63.0 Å². The molecule has 0 amide bonds. The molecule has 0 heterocycles. The number of hydrogen-bond acceptors (Lipinski definition) is 1. The maximum Gasteiger partial charge on any atom is 0.419 e. The molecule has 0 atom stereocenters. The maximum atomic E-state index is 14.1. The van der Waals surface area contributed by atoms with E-state index < -0.39 is 36.7 Å². The van der Waals surface area contributed by atoms with Gasteiger partial charge in [-0.3, -0.25) is 0 Å². The van der Waals surface area contributed by atoms with Gasteiger partial charge in [0, 0.05) is 6.42 Å². The highest BCUT2D eigenvalue weighted by Gasteiger charge is 2.36. The molecule has 1 aromatic carbocycles. The molecule has 0 bridgehead atoms. The lowest BCUT2D eigenvalue weighted by atomic mass is 9.78. The van der Waals surface area contributed by atoms with Gasteiger partial charge in [0.25, 0.3) is 0 Å². The summed E-state index contributed by atoms with van der Waals surface area (Å²) in [6.07, 6.45) is 0.842. The molecule has 0 unspecified atom stereocenters. The van der Waals surface area contributed by atoms with Gasteiger partial charge in [0.1, 0.15) is 5.82 Å². The molecule has 0 aliphatic heterocycles. The Bertz CT molecular complexity index is 645. The minimum absolute atomic E-state index is 0.0575. The zero-order chi connectivity index (χ0) is 20.8. The van der Waals surface area contributed by atoms with Crippen LogP contribution in [-0.2, 0) is 17.5 Å². The first-order valence-corrected chi connectivity index (χ1v) is 9.59. The van der Waals surface area contributed by atoms with Crippen molar-refractivity contribution in [2.45, 2.75) is 70.8 Å². The van der Waals surface area contributed by atoms with Crippen molar-refractivity contribution < 1.29 is 31.1 Å². The van der Waals surface area contributed by atoms with Crippen LogP contribution >= 0.6 is 0 Å². The molecular weight excluding hydrogens is 382 g/mol. The second kappa shape index (κ2) is 9.81. The van der Waals surface area contributed by atoms with E-state index in [2.05, 4.69) is 10.8 Å². The van der Waals surface area contributed by atoms with Crippen molar-refractivity contribution in [2.24, 2.45) is 11.8 Å². The molecule has 1 aromatic rings. The summed E-state index contributed by atoms with van der Waals surface area (Å²) in [5, 5.41) is 0. The Hall–Kier alpha value is -1.50. The van der Waals surface area contributed by atoms with Crippen LogP contribution in [0.5, 0.6) is 0 Å². The zero-order valence-corrected chi connectivity index (χ0v) is 15.9. The fourth-order valence-corrected chi connectivity index (χ4v) is 3.69. The number of rotatable bonds is 8. The molecule has 1 fully saturated rings. The predicted octanol–water partition coefficient (Wildman–Crippen LogP) is 7.51. The van der Waals surface area contributed by atoms with Crippen LogP contribution in [0.15, 0.2) is 30.4 Å². The van der Waals surface area contributed by atoms with Gasteiger partial charge in [-0.25, -0.2) is 4.39 Å². The van der Waals surface area contributed by atoms with Crippen LogP contribution < -0.4 is 0 Å². The number of halogens is 6. The SMILES string of the molecule is C/C=C/CC[C@H]1CC[C@H](CC(F)(F)OCc2ccc(C(F)(F)F)c(F)c2)CC1. The summed E-state index contributed by atoms with van der Waals surface area (Å²) >= 11 is 0. The summed E-state index contributed by atoms with van der Waals surface area (Å²) in [7, 11) is 0. The second-order valence-electron chi connectivity index (χ2n) is 7.48. The summed E-state index contributed by atoms with van der Waals surface area (Å²) in [5.41, 5.74) is -1.48. The zero-order valence-electron chi connectivity index (χ0n) is 15.9. The highest BCUT2D eigenvalue weighted by Crippen LogP contribution is 2.38. The average molecular weight is 408 g/mol. The van der Waals surface area contributed by atoms with Gasteiger partial charge >= 0.3 is 12.3 Å². The predicted molar refractivity (Wildman–Crippen MR) is 95.3 cm³/mol. The first kappa shape index (κ1) is 22.8. The number of ether oxygens (including phenoxy) is 1. The number of hydrogen-bond donors (Lipinski definition) is 0. The lowest BCUT2D eigenvalue weighted by Gasteiger charge is -2.30. The highest BCUT2D eigenvalue weighted by molar-refractivity contribution is 5.26. The van der Waals surface area contributed by atoms with Crippen molar-refractivity contribution >= 4 is 0 Å². The maximum absolute atomic E-state index is 14.1. The molecule has 2 rings (SSSR count). The van der Waals surface area contributed by atoms with E-state index in [1.54, 1.807) is 0 Å².